The van der Waals surface area contributed by atoms with Gasteiger partial charge in [0.25, 0.3) is 5.56 Å². The number of nitrogens with zero attached hydrogens (tertiary/aromatic N) is 4. The summed E-state index contributed by atoms with van der Waals surface area (Å²) in [5.41, 5.74) is 0.825. The first-order chi connectivity index (χ1) is 13.4. The first-order valence-electron chi connectivity index (χ1n) is 9.43. The molecular formula is C20H24Cl2N4O2. The molecular weight excluding hydrogens is 399 g/mol. The summed E-state index contributed by atoms with van der Waals surface area (Å²) in [6.07, 6.45) is 3.09. The van der Waals surface area contributed by atoms with Gasteiger partial charge in [-0.15, -0.1) is 0 Å². The molecule has 0 saturated carbocycles. The molecule has 1 aromatic carbocycles. The van der Waals surface area contributed by atoms with Crippen LogP contribution < -0.4 is 10.5 Å². The lowest BCUT2D eigenvalue weighted by Gasteiger charge is -2.36. The van der Waals surface area contributed by atoms with Crippen LogP contribution in [0.15, 0.2) is 35.3 Å². The number of anilines is 1. The zero-order valence-electron chi connectivity index (χ0n) is 16.1. The number of piperazine rings is 1. The highest BCUT2D eigenvalue weighted by atomic mass is 35.5. The van der Waals surface area contributed by atoms with Crippen molar-refractivity contribution in [1.82, 2.24) is 14.7 Å². The fourth-order valence-electron chi connectivity index (χ4n) is 3.18. The molecule has 1 amide bonds. The minimum absolute atomic E-state index is 0.129. The number of aromatic nitrogens is 2. The van der Waals surface area contributed by atoms with Crippen LogP contribution in [0.5, 0.6) is 0 Å². The van der Waals surface area contributed by atoms with E-state index in [2.05, 4.69) is 18.9 Å². The van der Waals surface area contributed by atoms with Crippen LogP contribution >= 0.6 is 23.2 Å². The van der Waals surface area contributed by atoms with Crippen LogP contribution in [0.25, 0.3) is 5.69 Å². The smallest absolute Gasteiger partial charge is 0.292 e. The zero-order valence-corrected chi connectivity index (χ0v) is 17.6. The van der Waals surface area contributed by atoms with Gasteiger partial charge in [0, 0.05) is 37.6 Å². The SMILES string of the molecule is CC(C)CCC(=O)N1CCN(c2cnn(-c3ccc(Cl)cc3)c(=O)c2Cl)CC1. The van der Waals surface area contributed by atoms with E-state index < -0.39 is 0 Å². The Morgan fingerprint density at radius 1 is 1.11 bits per heavy atom. The first-order valence-corrected chi connectivity index (χ1v) is 10.2. The van der Waals surface area contributed by atoms with Crippen LogP contribution in [0.3, 0.4) is 0 Å². The molecule has 0 aliphatic carbocycles. The molecule has 0 spiro atoms. The lowest BCUT2D eigenvalue weighted by molar-refractivity contribution is -0.131. The van der Waals surface area contributed by atoms with Crippen molar-refractivity contribution in [1.29, 1.82) is 0 Å². The summed E-state index contributed by atoms with van der Waals surface area (Å²) < 4.78 is 1.26. The van der Waals surface area contributed by atoms with E-state index >= 15 is 0 Å². The molecule has 1 aliphatic heterocycles. The average Bonchev–Trinajstić information content (AvgIpc) is 2.69. The summed E-state index contributed by atoms with van der Waals surface area (Å²) in [6, 6.07) is 6.83. The van der Waals surface area contributed by atoms with E-state index in [1.54, 1.807) is 30.5 Å². The number of amides is 1. The summed E-state index contributed by atoms with van der Waals surface area (Å²) in [7, 11) is 0. The summed E-state index contributed by atoms with van der Waals surface area (Å²) in [6.45, 7) is 6.72. The maximum absolute atomic E-state index is 12.7. The predicted octanol–water partition coefficient (Wildman–Crippen LogP) is 3.62. The Bertz CT molecular complexity index is 888. The molecule has 0 atom stereocenters. The molecule has 1 aromatic heterocycles. The number of hydrogen-bond acceptors (Lipinski definition) is 4. The van der Waals surface area contributed by atoms with Gasteiger partial charge in [0.2, 0.25) is 5.91 Å². The second kappa shape index (κ2) is 8.97. The Morgan fingerprint density at radius 2 is 1.75 bits per heavy atom. The average molecular weight is 423 g/mol. The van der Waals surface area contributed by atoms with Crippen molar-refractivity contribution in [2.45, 2.75) is 26.7 Å². The second-order valence-electron chi connectivity index (χ2n) is 7.34. The van der Waals surface area contributed by atoms with E-state index in [9.17, 15) is 9.59 Å². The number of rotatable bonds is 5. The quantitative estimate of drug-likeness (QED) is 0.737. The van der Waals surface area contributed by atoms with Crippen molar-refractivity contribution >= 4 is 34.8 Å². The van der Waals surface area contributed by atoms with Gasteiger partial charge < -0.3 is 9.80 Å². The molecule has 8 heteroatoms. The van der Waals surface area contributed by atoms with Crippen LogP contribution in [-0.4, -0.2) is 46.8 Å². The summed E-state index contributed by atoms with van der Waals surface area (Å²) in [4.78, 5) is 28.9. The molecule has 2 aromatic rings. The Kier molecular flexibility index (Phi) is 6.62. The maximum atomic E-state index is 12.7. The van der Waals surface area contributed by atoms with Crippen molar-refractivity contribution in [3.63, 3.8) is 0 Å². The number of halogens is 2. The monoisotopic (exact) mass is 422 g/mol. The normalized spacial score (nSPS) is 14.6. The molecule has 150 valence electrons. The van der Waals surface area contributed by atoms with Gasteiger partial charge in [0.05, 0.1) is 17.6 Å². The summed E-state index contributed by atoms with van der Waals surface area (Å²) in [5, 5.41) is 4.98. The predicted molar refractivity (Wildman–Crippen MR) is 113 cm³/mol. The highest BCUT2D eigenvalue weighted by Crippen LogP contribution is 2.23. The fraction of sp³-hybridized carbons (Fsp3) is 0.450. The van der Waals surface area contributed by atoms with E-state index in [1.807, 2.05) is 9.80 Å². The molecule has 3 rings (SSSR count). The largest absolute Gasteiger partial charge is 0.365 e. The van der Waals surface area contributed by atoms with Crippen molar-refractivity contribution in [2.24, 2.45) is 5.92 Å². The molecule has 1 saturated heterocycles. The van der Waals surface area contributed by atoms with Crippen molar-refractivity contribution in [2.75, 3.05) is 31.1 Å². The highest BCUT2D eigenvalue weighted by Gasteiger charge is 2.24. The summed E-state index contributed by atoms with van der Waals surface area (Å²) >= 11 is 12.3. The molecule has 1 fully saturated rings. The van der Waals surface area contributed by atoms with E-state index in [4.69, 9.17) is 23.2 Å². The van der Waals surface area contributed by atoms with Gasteiger partial charge in [-0.1, -0.05) is 37.0 Å². The van der Waals surface area contributed by atoms with Crippen LogP contribution in [-0.2, 0) is 4.79 Å². The van der Waals surface area contributed by atoms with Crippen LogP contribution in [0, 0.1) is 5.92 Å². The number of hydrogen-bond donors (Lipinski definition) is 0. The first kappa shape index (κ1) is 20.7. The van der Waals surface area contributed by atoms with Gasteiger partial charge in [-0.2, -0.15) is 9.78 Å². The standard InChI is InChI=1S/C20H24Cl2N4O2/c1-14(2)3-8-18(27)25-11-9-24(10-12-25)17-13-23-26(20(28)19(17)22)16-6-4-15(21)5-7-16/h4-7,13-14H,3,8-12H2,1-2H3. The molecule has 0 unspecified atom stereocenters. The second-order valence-corrected chi connectivity index (χ2v) is 8.15. The Hall–Kier alpha value is -2.05. The van der Waals surface area contributed by atoms with E-state index in [1.165, 1.54) is 4.68 Å². The third-order valence-electron chi connectivity index (χ3n) is 4.88. The van der Waals surface area contributed by atoms with Gasteiger partial charge in [0.1, 0.15) is 5.02 Å². The highest BCUT2D eigenvalue weighted by molar-refractivity contribution is 6.33. The zero-order chi connectivity index (χ0) is 20.3. The Labute approximate surface area is 174 Å². The van der Waals surface area contributed by atoms with Crippen LogP contribution in [0.2, 0.25) is 10.0 Å². The van der Waals surface area contributed by atoms with Gasteiger partial charge in [-0.05, 0) is 36.6 Å². The van der Waals surface area contributed by atoms with E-state index in [-0.39, 0.29) is 16.5 Å². The van der Waals surface area contributed by atoms with E-state index in [0.717, 1.165) is 6.42 Å². The lowest BCUT2D eigenvalue weighted by atomic mass is 10.1. The maximum Gasteiger partial charge on any atom is 0.292 e. The number of carbonyl (C=O) groups is 1. The summed E-state index contributed by atoms with van der Waals surface area (Å²) in [5.74, 6) is 0.706. The van der Waals surface area contributed by atoms with Crippen molar-refractivity contribution in [3.05, 3.63) is 50.9 Å². The molecule has 0 N–H and O–H groups in total. The van der Waals surface area contributed by atoms with Crippen LogP contribution in [0.4, 0.5) is 5.69 Å². The minimum Gasteiger partial charge on any atom is -0.365 e. The molecule has 1 aliphatic rings. The van der Waals surface area contributed by atoms with Gasteiger partial charge in [0.15, 0.2) is 0 Å². The van der Waals surface area contributed by atoms with Crippen LogP contribution in [0.1, 0.15) is 26.7 Å². The molecule has 2 heterocycles. The van der Waals surface area contributed by atoms with Gasteiger partial charge in [-0.25, -0.2) is 0 Å². The number of carbonyl (C=O) groups excluding carboxylic acids is 1. The Balaban J connectivity index is 1.70. The minimum atomic E-state index is -0.378. The molecule has 0 radical (unpaired) electrons. The van der Waals surface area contributed by atoms with Gasteiger partial charge >= 0.3 is 0 Å². The molecule has 28 heavy (non-hydrogen) atoms. The van der Waals surface area contributed by atoms with Crippen molar-refractivity contribution < 1.29 is 4.79 Å². The topological polar surface area (TPSA) is 58.4 Å². The molecule has 0 bridgehead atoms. The third kappa shape index (κ3) is 4.67. The van der Waals surface area contributed by atoms with Crippen molar-refractivity contribution in [3.8, 4) is 5.69 Å². The van der Waals surface area contributed by atoms with Gasteiger partial charge in [-0.3, -0.25) is 9.59 Å². The molecule has 6 nitrogen and oxygen atoms in total. The Morgan fingerprint density at radius 3 is 2.36 bits per heavy atom. The fourth-order valence-corrected chi connectivity index (χ4v) is 3.55. The number of benzene rings is 1. The van der Waals surface area contributed by atoms with E-state index in [0.29, 0.717) is 54.9 Å². The third-order valence-corrected chi connectivity index (χ3v) is 5.49. The lowest BCUT2D eigenvalue weighted by Crippen LogP contribution is -2.49.